The molecule has 0 fully saturated rings. The fourth-order valence-electron chi connectivity index (χ4n) is 1.82. The summed E-state index contributed by atoms with van der Waals surface area (Å²) in [5, 5.41) is 2.16. The molecule has 0 aromatic carbocycles. The summed E-state index contributed by atoms with van der Waals surface area (Å²) in [5.74, 6) is 0. The summed E-state index contributed by atoms with van der Waals surface area (Å²) in [6, 6.07) is 0. The van der Waals surface area contributed by atoms with Gasteiger partial charge in [-0.15, -0.1) is 11.3 Å². The third-order valence-corrected chi connectivity index (χ3v) is 3.49. The average molecular weight is 180 g/mol. The van der Waals surface area contributed by atoms with Crippen molar-refractivity contribution in [1.29, 1.82) is 0 Å². The highest BCUT2D eigenvalue weighted by Gasteiger charge is 2.13. The molecule has 1 aliphatic carbocycles. The van der Waals surface area contributed by atoms with Gasteiger partial charge in [-0.05, 0) is 42.2 Å². The number of carbonyl (C=O) groups is 1. The molecule has 1 aliphatic rings. The van der Waals surface area contributed by atoms with Crippen LogP contribution in [0, 0.1) is 0 Å². The van der Waals surface area contributed by atoms with E-state index in [9.17, 15) is 4.79 Å². The van der Waals surface area contributed by atoms with Gasteiger partial charge in [0.1, 0.15) is 0 Å². The van der Waals surface area contributed by atoms with Gasteiger partial charge in [0.05, 0.1) is 4.88 Å². The molecule has 1 aromatic heterocycles. The minimum Gasteiger partial charge on any atom is -0.297 e. The number of fused-ring (bicyclic) bond motifs is 1. The standard InChI is InChI=1S/C10H12OS/c11-6-10-9-5-3-1-2-4-8(9)7-12-10/h6-7H,1-5H2. The van der Waals surface area contributed by atoms with Crippen molar-refractivity contribution < 1.29 is 4.79 Å². The largest absolute Gasteiger partial charge is 0.297 e. The van der Waals surface area contributed by atoms with E-state index in [0.717, 1.165) is 17.6 Å². The number of hydrogen-bond acceptors (Lipinski definition) is 2. The number of hydrogen-bond donors (Lipinski definition) is 0. The fraction of sp³-hybridized carbons (Fsp3) is 0.500. The predicted octanol–water partition coefficient (Wildman–Crippen LogP) is 2.83. The van der Waals surface area contributed by atoms with Gasteiger partial charge in [0.25, 0.3) is 0 Å². The molecule has 0 saturated carbocycles. The zero-order chi connectivity index (χ0) is 8.39. The van der Waals surface area contributed by atoms with Gasteiger partial charge in [-0.1, -0.05) is 6.42 Å². The Morgan fingerprint density at radius 2 is 2.08 bits per heavy atom. The number of rotatable bonds is 1. The molecule has 2 rings (SSSR count). The Balaban J connectivity index is 2.38. The Morgan fingerprint density at radius 3 is 2.92 bits per heavy atom. The molecule has 2 heteroatoms. The van der Waals surface area contributed by atoms with Crippen LogP contribution in [0.3, 0.4) is 0 Å². The first-order chi connectivity index (χ1) is 5.92. The maximum absolute atomic E-state index is 10.7. The Morgan fingerprint density at radius 1 is 1.25 bits per heavy atom. The third kappa shape index (κ3) is 1.31. The second-order valence-electron chi connectivity index (χ2n) is 3.28. The van der Waals surface area contributed by atoms with Gasteiger partial charge in [0, 0.05) is 0 Å². The van der Waals surface area contributed by atoms with Crippen molar-refractivity contribution >= 4 is 17.6 Å². The lowest BCUT2D eigenvalue weighted by Gasteiger charge is -1.96. The Bertz CT molecular complexity index is 288. The molecular formula is C10H12OS. The van der Waals surface area contributed by atoms with E-state index in [1.54, 1.807) is 11.3 Å². The summed E-state index contributed by atoms with van der Waals surface area (Å²) in [7, 11) is 0. The quantitative estimate of drug-likeness (QED) is 0.480. The molecule has 0 radical (unpaired) electrons. The maximum Gasteiger partial charge on any atom is 0.160 e. The smallest absolute Gasteiger partial charge is 0.160 e. The average Bonchev–Trinajstić information content (AvgIpc) is 2.33. The molecule has 0 unspecified atom stereocenters. The van der Waals surface area contributed by atoms with Gasteiger partial charge in [0.15, 0.2) is 6.29 Å². The van der Waals surface area contributed by atoms with Crippen molar-refractivity contribution in [3.05, 3.63) is 21.4 Å². The van der Waals surface area contributed by atoms with Crippen molar-refractivity contribution in [3.63, 3.8) is 0 Å². The van der Waals surface area contributed by atoms with E-state index in [1.165, 1.54) is 36.8 Å². The first-order valence-corrected chi connectivity index (χ1v) is 5.34. The molecule has 0 bridgehead atoms. The van der Waals surface area contributed by atoms with Gasteiger partial charge in [-0.3, -0.25) is 4.79 Å². The zero-order valence-corrected chi connectivity index (χ0v) is 7.82. The van der Waals surface area contributed by atoms with E-state index < -0.39 is 0 Å². The van der Waals surface area contributed by atoms with Crippen LogP contribution >= 0.6 is 11.3 Å². The van der Waals surface area contributed by atoms with Gasteiger partial charge >= 0.3 is 0 Å². The van der Waals surface area contributed by atoms with Crippen LogP contribution in [-0.4, -0.2) is 6.29 Å². The number of thiophene rings is 1. The summed E-state index contributed by atoms with van der Waals surface area (Å²) in [6.07, 6.45) is 7.17. The summed E-state index contributed by atoms with van der Waals surface area (Å²) < 4.78 is 0. The van der Waals surface area contributed by atoms with Gasteiger partial charge in [0.2, 0.25) is 0 Å². The molecule has 0 aliphatic heterocycles. The van der Waals surface area contributed by atoms with E-state index in [-0.39, 0.29) is 0 Å². The molecule has 0 N–H and O–H groups in total. The normalized spacial score (nSPS) is 16.7. The lowest BCUT2D eigenvalue weighted by atomic mass is 10.1. The van der Waals surface area contributed by atoms with Gasteiger partial charge in [-0.25, -0.2) is 0 Å². The highest BCUT2D eigenvalue weighted by Crippen LogP contribution is 2.27. The monoisotopic (exact) mass is 180 g/mol. The minimum absolute atomic E-state index is 0.965. The molecular weight excluding hydrogens is 168 g/mol. The fourth-order valence-corrected chi connectivity index (χ4v) is 2.78. The van der Waals surface area contributed by atoms with E-state index >= 15 is 0 Å². The molecule has 1 aromatic rings. The van der Waals surface area contributed by atoms with Crippen LogP contribution < -0.4 is 0 Å². The number of carbonyl (C=O) groups excluding carboxylic acids is 1. The first kappa shape index (κ1) is 7.99. The summed E-state index contributed by atoms with van der Waals surface area (Å²) in [4.78, 5) is 11.6. The summed E-state index contributed by atoms with van der Waals surface area (Å²) in [5.41, 5.74) is 2.77. The van der Waals surface area contributed by atoms with Crippen LogP contribution in [0.15, 0.2) is 5.38 Å². The zero-order valence-electron chi connectivity index (χ0n) is 7.01. The molecule has 12 heavy (non-hydrogen) atoms. The van der Waals surface area contributed by atoms with Crippen LogP contribution in [0.25, 0.3) is 0 Å². The van der Waals surface area contributed by atoms with E-state index in [4.69, 9.17) is 0 Å². The minimum atomic E-state index is 0.965. The molecule has 1 heterocycles. The molecule has 0 spiro atoms. The van der Waals surface area contributed by atoms with Crippen molar-refractivity contribution in [2.45, 2.75) is 32.1 Å². The van der Waals surface area contributed by atoms with Crippen molar-refractivity contribution in [1.82, 2.24) is 0 Å². The predicted molar refractivity (Wildman–Crippen MR) is 51.0 cm³/mol. The van der Waals surface area contributed by atoms with Crippen molar-refractivity contribution in [3.8, 4) is 0 Å². The van der Waals surface area contributed by atoms with Crippen LogP contribution in [0.5, 0.6) is 0 Å². The highest BCUT2D eigenvalue weighted by molar-refractivity contribution is 7.12. The van der Waals surface area contributed by atoms with E-state index in [0.29, 0.717) is 0 Å². The third-order valence-electron chi connectivity index (χ3n) is 2.49. The molecule has 64 valence electrons. The van der Waals surface area contributed by atoms with Gasteiger partial charge < -0.3 is 0 Å². The Labute approximate surface area is 76.4 Å². The molecule has 0 amide bonds. The SMILES string of the molecule is O=Cc1scc2c1CCCCC2. The lowest BCUT2D eigenvalue weighted by molar-refractivity contribution is 0.112. The van der Waals surface area contributed by atoms with Gasteiger partial charge in [-0.2, -0.15) is 0 Å². The van der Waals surface area contributed by atoms with Crippen LogP contribution in [0.2, 0.25) is 0 Å². The molecule has 0 saturated heterocycles. The maximum atomic E-state index is 10.7. The Kier molecular flexibility index (Phi) is 2.26. The Hall–Kier alpha value is -0.630. The number of aryl methyl sites for hydroxylation is 1. The van der Waals surface area contributed by atoms with E-state index in [2.05, 4.69) is 5.38 Å². The number of aldehydes is 1. The van der Waals surface area contributed by atoms with Crippen molar-refractivity contribution in [2.24, 2.45) is 0 Å². The van der Waals surface area contributed by atoms with Crippen LogP contribution in [0.1, 0.15) is 40.1 Å². The van der Waals surface area contributed by atoms with Crippen LogP contribution in [0.4, 0.5) is 0 Å². The first-order valence-electron chi connectivity index (χ1n) is 4.46. The summed E-state index contributed by atoms with van der Waals surface area (Å²) in [6.45, 7) is 0. The lowest BCUT2D eigenvalue weighted by Crippen LogP contribution is -1.88. The summed E-state index contributed by atoms with van der Waals surface area (Å²) >= 11 is 1.61. The van der Waals surface area contributed by atoms with E-state index in [1.807, 2.05) is 0 Å². The molecule has 0 atom stereocenters. The second-order valence-corrected chi connectivity index (χ2v) is 4.19. The molecule has 1 nitrogen and oxygen atoms in total. The highest BCUT2D eigenvalue weighted by atomic mass is 32.1. The second kappa shape index (κ2) is 3.40. The van der Waals surface area contributed by atoms with Crippen molar-refractivity contribution in [2.75, 3.05) is 0 Å². The van der Waals surface area contributed by atoms with Crippen LogP contribution in [-0.2, 0) is 12.8 Å². The topological polar surface area (TPSA) is 17.1 Å².